The number of nitrogens with zero attached hydrogens (tertiary/aromatic N) is 1. The van der Waals surface area contributed by atoms with E-state index in [2.05, 4.69) is 15.3 Å². The zero-order valence-corrected chi connectivity index (χ0v) is 14.5. The lowest BCUT2D eigenvalue weighted by Crippen LogP contribution is -2.27. The lowest BCUT2D eigenvalue weighted by atomic mass is 10.1. The van der Waals surface area contributed by atoms with Gasteiger partial charge >= 0.3 is 0 Å². The quantitative estimate of drug-likeness (QED) is 0.749. The van der Waals surface area contributed by atoms with E-state index in [1.54, 1.807) is 18.3 Å². The number of H-pyrrole nitrogens is 1. The number of hydrogen-bond acceptors (Lipinski definition) is 4. The molecule has 3 aromatic rings. The van der Waals surface area contributed by atoms with Crippen LogP contribution in [0.25, 0.3) is 10.9 Å². The summed E-state index contributed by atoms with van der Waals surface area (Å²) < 4.78 is 0. The molecule has 0 unspecified atom stereocenters. The van der Waals surface area contributed by atoms with Crippen LogP contribution in [-0.2, 0) is 17.6 Å². The number of amides is 1. The first-order valence-electron chi connectivity index (χ1n) is 7.81. The molecule has 2 N–H and O–H groups in total. The van der Waals surface area contributed by atoms with Gasteiger partial charge in [0.1, 0.15) is 0 Å². The highest BCUT2D eigenvalue weighted by Crippen LogP contribution is 2.14. The molecule has 0 radical (unpaired) electrons. The Labute approximate surface area is 143 Å². The highest BCUT2D eigenvalue weighted by atomic mass is 32.1. The molecular weight excluding hydrogens is 322 g/mol. The number of pyridine rings is 1. The fourth-order valence-electron chi connectivity index (χ4n) is 2.58. The topological polar surface area (TPSA) is 74.8 Å². The van der Waals surface area contributed by atoms with Crippen LogP contribution in [0.3, 0.4) is 0 Å². The Kier molecular flexibility index (Phi) is 4.76. The highest BCUT2D eigenvalue weighted by molar-refractivity contribution is 7.09. The van der Waals surface area contributed by atoms with E-state index in [0.717, 1.165) is 33.6 Å². The third kappa shape index (κ3) is 3.89. The molecule has 0 bridgehead atoms. The van der Waals surface area contributed by atoms with Gasteiger partial charge in [0.15, 0.2) is 0 Å². The lowest BCUT2D eigenvalue weighted by Gasteiger charge is -2.06. The predicted molar refractivity (Wildman–Crippen MR) is 96.6 cm³/mol. The molecule has 124 valence electrons. The Morgan fingerprint density at radius 2 is 2.12 bits per heavy atom. The maximum absolute atomic E-state index is 12.1. The molecule has 0 atom stereocenters. The number of aromatic nitrogens is 2. The van der Waals surface area contributed by atoms with Crippen LogP contribution in [0.2, 0.25) is 0 Å². The summed E-state index contributed by atoms with van der Waals surface area (Å²) in [6.07, 6.45) is 1.07. The van der Waals surface area contributed by atoms with E-state index in [1.807, 2.05) is 36.6 Å². The van der Waals surface area contributed by atoms with Gasteiger partial charge in [-0.1, -0.05) is 6.07 Å². The number of carbonyl (C=O) groups excluding carboxylic acids is 1. The van der Waals surface area contributed by atoms with E-state index in [0.29, 0.717) is 18.5 Å². The molecule has 1 amide bonds. The third-order valence-electron chi connectivity index (χ3n) is 3.83. The molecule has 0 saturated carbocycles. The number of rotatable bonds is 5. The molecule has 1 aromatic carbocycles. The predicted octanol–water partition coefficient (Wildman–Crippen LogP) is 2.50. The zero-order chi connectivity index (χ0) is 17.1. The van der Waals surface area contributed by atoms with Crippen LogP contribution in [0.15, 0.2) is 34.4 Å². The van der Waals surface area contributed by atoms with Crippen molar-refractivity contribution in [3.8, 4) is 0 Å². The number of nitrogens with one attached hydrogen (secondary N) is 2. The number of hydrogen-bond donors (Lipinski definition) is 2. The summed E-state index contributed by atoms with van der Waals surface area (Å²) in [5.41, 5.74) is 3.32. The molecule has 5 nitrogen and oxygen atoms in total. The van der Waals surface area contributed by atoms with Gasteiger partial charge in [-0.15, -0.1) is 11.3 Å². The van der Waals surface area contributed by atoms with Crippen molar-refractivity contribution in [3.63, 3.8) is 0 Å². The standard InChI is InChI=1S/C18H19N3O2S/c1-11-7-14-8-13(3-4-16(14)21-18(11)23)9-17(22)19-6-5-15-10-24-12(2)20-15/h3-4,7-8,10H,5-6,9H2,1-2H3,(H,19,22)(H,21,23). The normalized spacial score (nSPS) is 10.9. The second-order valence-corrected chi connectivity index (χ2v) is 6.90. The molecule has 24 heavy (non-hydrogen) atoms. The van der Waals surface area contributed by atoms with Crippen LogP contribution < -0.4 is 10.9 Å². The molecular formula is C18H19N3O2S. The van der Waals surface area contributed by atoms with Crippen molar-refractivity contribution in [2.75, 3.05) is 6.54 Å². The molecule has 0 aliphatic heterocycles. The molecule has 0 spiro atoms. The Morgan fingerprint density at radius 3 is 2.88 bits per heavy atom. The van der Waals surface area contributed by atoms with Gasteiger partial charge in [0.05, 0.1) is 17.1 Å². The first-order chi connectivity index (χ1) is 11.5. The second-order valence-electron chi connectivity index (χ2n) is 5.84. The molecule has 3 rings (SSSR count). The second kappa shape index (κ2) is 6.97. The van der Waals surface area contributed by atoms with Crippen molar-refractivity contribution in [3.05, 3.63) is 61.8 Å². The van der Waals surface area contributed by atoms with E-state index in [-0.39, 0.29) is 11.5 Å². The van der Waals surface area contributed by atoms with E-state index in [4.69, 9.17) is 0 Å². The Morgan fingerprint density at radius 1 is 1.29 bits per heavy atom. The lowest BCUT2D eigenvalue weighted by molar-refractivity contribution is -0.120. The van der Waals surface area contributed by atoms with Crippen LogP contribution in [-0.4, -0.2) is 22.4 Å². The van der Waals surface area contributed by atoms with Gasteiger partial charge in [0.2, 0.25) is 5.91 Å². The van der Waals surface area contributed by atoms with Gasteiger partial charge in [-0.25, -0.2) is 4.98 Å². The van der Waals surface area contributed by atoms with Gasteiger partial charge in [-0.05, 0) is 43.0 Å². The number of benzene rings is 1. The van der Waals surface area contributed by atoms with Gasteiger partial charge in [-0.2, -0.15) is 0 Å². The molecule has 0 aliphatic rings. The zero-order valence-electron chi connectivity index (χ0n) is 13.7. The minimum absolute atomic E-state index is 0.0116. The number of carbonyl (C=O) groups is 1. The molecule has 6 heteroatoms. The summed E-state index contributed by atoms with van der Waals surface area (Å²) >= 11 is 1.62. The summed E-state index contributed by atoms with van der Waals surface area (Å²) in [6, 6.07) is 7.51. The molecule has 0 aliphatic carbocycles. The maximum Gasteiger partial charge on any atom is 0.251 e. The van der Waals surface area contributed by atoms with E-state index >= 15 is 0 Å². The Bertz CT molecular complexity index is 943. The van der Waals surface area contributed by atoms with E-state index in [9.17, 15) is 9.59 Å². The van der Waals surface area contributed by atoms with Crippen LogP contribution in [0.1, 0.15) is 21.8 Å². The minimum atomic E-state index is -0.0785. The van der Waals surface area contributed by atoms with Crippen molar-refractivity contribution >= 4 is 28.1 Å². The number of aryl methyl sites for hydroxylation is 2. The van der Waals surface area contributed by atoms with Crippen LogP contribution in [0.5, 0.6) is 0 Å². The maximum atomic E-state index is 12.1. The SMILES string of the molecule is Cc1nc(CCNC(=O)Cc2ccc3[nH]c(=O)c(C)cc3c2)cs1. The van der Waals surface area contributed by atoms with Crippen LogP contribution >= 0.6 is 11.3 Å². The molecule has 0 fully saturated rings. The number of aromatic amines is 1. The van der Waals surface area contributed by atoms with Gasteiger partial charge in [0.25, 0.3) is 5.56 Å². The van der Waals surface area contributed by atoms with E-state index < -0.39 is 0 Å². The Hall–Kier alpha value is -2.47. The first-order valence-corrected chi connectivity index (χ1v) is 8.69. The van der Waals surface area contributed by atoms with E-state index in [1.165, 1.54) is 0 Å². The van der Waals surface area contributed by atoms with Crippen LogP contribution in [0, 0.1) is 13.8 Å². The summed E-state index contributed by atoms with van der Waals surface area (Å²) in [5.74, 6) is -0.0116. The third-order valence-corrected chi connectivity index (χ3v) is 4.65. The fourth-order valence-corrected chi connectivity index (χ4v) is 3.22. The smallest absolute Gasteiger partial charge is 0.251 e. The highest BCUT2D eigenvalue weighted by Gasteiger charge is 2.06. The van der Waals surface area contributed by atoms with Gasteiger partial charge in [0, 0.05) is 29.4 Å². The number of fused-ring (bicyclic) bond motifs is 1. The summed E-state index contributed by atoms with van der Waals surface area (Å²) in [4.78, 5) is 30.9. The van der Waals surface area contributed by atoms with Gasteiger partial charge in [-0.3, -0.25) is 9.59 Å². The fraction of sp³-hybridized carbons (Fsp3) is 0.278. The van der Waals surface area contributed by atoms with Gasteiger partial charge < -0.3 is 10.3 Å². The van der Waals surface area contributed by atoms with Crippen molar-refractivity contribution in [1.29, 1.82) is 0 Å². The van der Waals surface area contributed by atoms with Crippen molar-refractivity contribution in [1.82, 2.24) is 15.3 Å². The van der Waals surface area contributed by atoms with Crippen molar-refractivity contribution in [2.45, 2.75) is 26.7 Å². The average molecular weight is 341 g/mol. The molecule has 2 aromatic heterocycles. The summed E-state index contributed by atoms with van der Waals surface area (Å²) in [5, 5.41) is 6.93. The first kappa shape index (κ1) is 16.4. The summed E-state index contributed by atoms with van der Waals surface area (Å²) in [6.45, 7) is 4.33. The monoisotopic (exact) mass is 341 g/mol. The summed E-state index contributed by atoms with van der Waals surface area (Å²) in [7, 11) is 0. The van der Waals surface area contributed by atoms with Crippen LogP contribution in [0.4, 0.5) is 0 Å². The Balaban J connectivity index is 1.60. The molecule has 2 heterocycles. The van der Waals surface area contributed by atoms with Crippen molar-refractivity contribution < 1.29 is 4.79 Å². The largest absolute Gasteiger partial charge is 0.355 e. The van der Waals surface area contributed by atoms with Crippen molar-refractivity contribution in [2.24, 2.45) is 0 Å². The minimum Gasteiger partial charge on any atom is -0.355 e. The molecule has 0 saturated heterocycles. The average Bonchev–Trinajstić information content (AvgIpc) is 2.94. The number of thiazole rings is 1.